The maximum Gasteiger partial charge on any atom is 0.324 e. The summed E-state index contributed by atoms with van der Waals surface area (Å²) in [5.74, 6) is -0.339. The van der Waals surface area contributed by atoms with Crippen LogP contribution in [0.25, 0.3) is 0 Å². The Hall–Kier alpha value is -2.45. The van der Waals surface area contributed by atoms with E-state index in [2.05, 4.69) is 22.0 Å². The molecular formula is C17H20N4O3S. The zero-order chi connectivity index (χ0) is 17.8. The lowest BCUT2D eigenvalue weighted by Crippen LogP contribution is -2.46. The fraction of sp³-hybridized carbons (Fsp3) is 0.353. The van der Waals surface area contributed by atoms with Crippen LogP contribution >= 0.6 is 11.3 Å². The van der Waals surface area contributed by atoms with Crippen LogP contribution < -0.4 is 10.2 Å². The van der Waals surface area contributed by atoms with Crippen LogP contribution in [0, 0.1) is 10.1 Å². The topological polar surface area (TPSA) is 78.7 Å². The number of anilines is 2. The second-order valence-electron chi connectivity index (χ2n) is 5.85. The second kappa shape index (κ2) is 7.62. The Morgan fingerprint density at radius 3 is 2.48 bits per heavy atom. The normalized spacial score (nSPS) is 15.2. The highest BCUT2D eigenvalue weighted by Crippen LogP contribution is 2.24. The average molecular weight is 360 g/mol. The molecule has 25 heavy (non-hydrogen) atoms. The highest BCUT2D eigenvalue weighted by atomic mass is 32.1. The van der Waals surface area contributed by atoms with Gasteiger partial charge in [-0.25, -0.2) is 0 Å². The van der Waals surface area contributed by atoms with Gasteiger partial charge in [0.2, 0.25) is 0 Å². The first-order valence-electron chi connectivity index (χ1n) is 8.18. The Bertz CT molecular complexity index is 752. The van der Waals surface area contributed by atoms with E-state index in [1.165, 1.54) is 11.4 Å². The van der Waals surface area contributed by atoms with Gasteiger partial charge in [0, 0.05) is 49.0 Å². The third kappa shape index (κ3) is 4.15. The molecule has 2 aromatic rings. The van der Waals surface area contributed by atoms with Crippen molar-refractivity contribution in [2.75, 3.05) is 42.9 Å². The van der Waals surface area contributed by atoms with Gasteiger partial charge in [-0.05, 0) is 30.8 Å². The average Bonchev–Trinajstić information content (AvgIpc) is 3.13. The zero-order valence-electron chi connectivity index (χ0n) is 14.0. The second-order valence-corrected chi connectivity index (χ2v) is 6.74. The number of rotatable bonds is 5. The van der Waals surface area contributed by atoms with E-state index >= 15 is 0 Å². The van der Waals surface area contributed by atoms with Crippen LogP contribution in [0.15, 0.2) is 35.7 Å². The van der Waals surface area contributed by atoms with E-state index < -0.39 is 4.92 Å². The largest absolute Gasteiger partial charge is 0.369 e. The summed E-state index contributed by atoms with van der Waals surface area (Å²) < 4.78 is 0. The standard InChI is InChI=1S/C17H20N4O3S/c1-2-19-7-9-20(10-8-19)15-5-3-14(4-6-15)18-17(22)13-11-16(21(23)24)25-12-13/h3-6,11-12H,2,7-10H2,1H3,(H,18,22). The molecule has 1 amide bonds. The lowest BCUT2D eigenvalue weighted by molar-refractivity contribution is -0.380. The highest BCUT2D eigenvalue weighted by Gasteiger charge is 2.17. The number of piperazine rings is 1. The molecule has 1 aromatic heterocycles. The summed E-state index contributed by atoms with van der Waals surface area (Å²) in [7, 11) is 0. The van der Waals surface area contributed by atoms with Crippen molar-refractivity contribution in [1.82, 2.24) is 4.90 Å². The lowest BCUT2D eigenvalue weighted by Gasteiger charge is -2.35. The summed E-state index contributed by atoms with van der Waals surface area (Å²) in [6.45, 7) is 7.38. The molecular weight excluding hydrogens is 340 g/mol. The van der Waals surface area contributed by atoms with Crippen molar-refractivity contribution in [1.29, 1.82) is 0 Å². The molecule has 2 heterocycles. The summed E-state index contributed by atoms with van der Waals surface area (Å²) >= 11 is 0.949. The molecule has 1 fully saturated rings. The molecule has 1 saturated heterocycles. The SMILES string of the molecule is CCN1CCN(c2ccc(NC(=O)c3csc([N+](=O)[O-])c3)cc2)CC1. The summed E-state index contributed by atoms with van der Waals surface area (Å²) in [6, 6.07) is 9.00. The Morgan fingerprint density at radius 1 is 1.24 bits per heavy atom. The molecule has 0 radical (unpaired) electrons. The maximum absolute atomic E-state index is 12.2. The third-order valence-corrected chi connectivity index (χ3v) is 5.22. The van der Waals surface area contributed by atoms with Crippen molar-refractivity contribution >= 4 is 33.6 Å². The number of nitrogens with zero attached hydrogens (tertiary/aromatic N) is 3. The Kier molecular flexibility index (Phi) is 5.30. The predicted molar refractivity (Wildman–Crippen MR) is 99.7 cm³/mol. The molecule has 0 unspecified atom stereocenters. The van der Waals surface area contributed by atoms with E-state index in [1.807, 2.05) is 24.3 Å². The van der Waals surface area contributed by atoms with Gasteiger partial charge in [-0.2, -0.15) is 0 Å². The molecule has 0 aliphatic carbocycles. The fourth-order valence-electron chi connectivity index (χ4n) is 2.82. The van der Waals surface area contributed by atoms with Gasteiger partial charge in [0.15, 0.2) is 0 Å². The van der Waals surface area contributed by atoms with Gasteiger partial charge in [-0.1, -0.05) is 18.3 Å². The maximum atomic E-state index is 12.2. The first-order chi connectivity index (χ1) is 12.1. The minimum Gasteiger partial charge on any atom is -0.369 e. The first kappa shape index (κ1) is 17.4. The van der Waals surface area contributed by atoms with Crippen molar-refractivity contribution < 1.29 is 9.72 Å². The quantitative estimate of drug-likeness (QED) is 0.655. The van der Waals surface area contributed by atoms with Crippen LogP contribution in [0.3, 0.4) is 0 Å². The number of carbonyl (C=O) groups excluding carboxylic acids is 1. The molecule has 1 N–H and O–H groups in total. The Labute approximate surface area is 150 Å². The molecule has 1 aliphatic heterocycles. The van der Waals surface area contributed by atoms with Crippen molar-refractivity contribution in [3.8, 4) is 0 Å². The number of benzene rings is 1. The Balaban J connectivity index is 1.60. The molecule has 7 nitrogen and oxygen atoms in total. The molecule has 1 aromatic carbocycles. The minimum atomic E-state index is -0.492. The summed E-state index contributed by atoms with van der Waals surface area (Å²) in [4.78, 5) is 27.1. The number of carbonyl (C=O) groups is 1. The van der Waals surface area contributed by atoms with Crippen molar-refractivity contribution in [3.63, 3.8) is 0 Å². The van der Waals surface area contributed by atoms with Gasteiger partial charge >= 0.3 is 5.00 Å². The van der Waals surface area contributed by atoms with E-state index in [0.29, 0.717) is 11.3 Å². The summed E-state index contributed by atoms with van der Waals surface area (Å²) in [5, 5.41) is 14.9. The smallest absolute Gasteiger partial charge is 0.324 e. The molecule has 132 valence electrons. The number of likely N-dealkylation sites (N-methyl/N-ethyl adjacent to an activating group) is 1. The monoisotopic (exact) mass is 360 g/mol. The van der Waals surface area contributed by atoms with E-state index in [4.69, 9.17) is 0 Å². The number of hydrogen-bond donors (Lipinski definition) is 1. The van der Waals surface area contributed by atoms with Crippen LogP contribution in [0.4, 0.5) is 16.4 Å². The molecule has 3 rings (SSSR count). The molecule has 0 spiro atoms. The molecule has 1 aliphatic rings. The minimum absolute atomic E-state index is 0.0354. The first-order valence-corrected chi connectivity index (χ1v) is 9.06. The number of thiophene rings is 1. The predicted octanol–water partition coefficient (Wildman–Crippen LogP) is 3.05. The van der Waals surface area contributed by atoms with Crippen molar-refractivity contribution in [2.24, 2.45) is 0 Å². The molecule has 0 atom stereocenters. The van der Waals surface area contributed by atoms with Gasteiger partial charge in [-0.15, -0.1) is 0 Å². The molecule has 0 saturated carbocycles. The number of hydrogen-bond acceptors (Lipinski definition) is 6. The number of amides is 1. The van der Waals surface area contributed by atoms with Gasteiger partial charge in [-0.3, -0.25) is 14.9 Å². The Morgan fingerprint density at radius 2 is 1.92 bits per heavy atom. The van der Waals surface area contributed by atoms with Crippen molar-refractivity contribution in [2.45, 2.75) is 6.92 Å². The molecule has 8 heteroatoms. The molecule has 0 bridgehead atoms. The van der Waals surface area contributed by atoms with Gasteiger partial charge in [0.25, 0.3) is 5.91 Å². The van der Waals surface area contributed by atoms with E-state index in [1.54, 1.807) is 0 Å². The van der Waals surface area contributed by atoms with Crippen LogP contribution in [-0.4, -0.2) is 48.5 Å². The van der Waals surface area contributed by atoms with E-state index in [9.17, 15) is 14.9 Å². The van der Waals surface area contributed by atoms with Crippen LogP contribution in [0.5, 0.6) is 0 Å². The summed E-state index contributed by atoms with van der Waals surface area (Å²) in [6.07, 6.45) is 0. The van der Waals surface area contributed by atoms with Crippen LogP contribution in [-0.2, 0) is 0 Å². The highest BCUT2D eigenvalue weighted by molar-refractivity contribution is 7.13. The third-order valence-electron chi connectivity index (χ3n) is 4.34. The van der Waals surface area contributed by atoms with Gasteiger partial charge in [0.05, 0.1) is 10.5 Å². The lowest BCUT2D eigenvalue weighted by atomic mass is 10.2. The van der Waals surface area contributed by atoms with Gasteiger partial charge < -0.3 is 15.1 Å². The fourth-order valence-corrected chi connectivity index (χ4v) is 3.52. The summed E-state index contributed by atoms with van der Waals surface area (Å²) in [5.41, 5.74) is 2.12. The van der Waals surface area contributed by atoms with E-state index in [0.717, 1.165) is 49.7 Å². The van der Waals surface area contributed by atoms with Gasteiger partial charge in [0.1, 0.15) is 0 Å². The van der Waals surface area contributed by atoms with E-state index in [-0.39, 0.29) is 10.9 Å². The van der Waals surface area contributed by atoms with Crippen LogP contribution in [0.2, 0.25) is 0 Å². The number of nitro groups is 1. The van der Waals surface area contributed by atoms with Crippen LogP contribution in [0.1, 0.15) is 17.3 Å². The number of nitrogens with one attached hydrogen (secondary N) is 1. The zero-order valence-corrected chi connectivity index (χ0v) is 14.8. The van der Waals surface area contributed by atoms with Crippen molar-refractivity contribution in [3.05, 3.63) is 51.4 Å².